The SMILES string of the molecule is CCOc1cc([C@@H]2NC(=O)NC(C)=C2C(=O)OC)ccc1OC[C@H](O)N/N=C\c1ccc(OCc2ccc([N+](=O)[O-])cc2)c(Br)c1. The van der Waals surface area contributed by atoms with Crippen LogP contribution in [0.25, 0.3) is 0 Å². The first-order valence-electron chi connectivity index (χ1n) is 14.0. The van der Waals surface area contributed by atoms with Gasteiger partial charge in [-0.05, 0) is 88.9 Å². The molecule has 1 heterocycles. The van der Waals surface area contributed by atoms with Gasteiger partial charge in [-0.1, -0.05) is 6.07 Å². The summed E-state index contributed by atoms with van der Waals surface area (Å²) in [6.07, 6.45) is 0.342. The third-order valence-electron chi connectivity index (χ3n) is 6.61. The number of hydrogen-bond acceptors (Lipinski definition) is 11. The first kappa shape index (κ1) is 33.7. The van der Waals surface area contributed by atoms with Crippen LogP contribution in [0, 0.1) is 10.1 Å². The van der Waals surface area contributed by atoms with Crippen LogP contribution in [0.4, 0.5) is 10.5 Å². The molecule has 0 saturated heterocycles. The number of aliphatic hydroxyl groups is 1. The number of halogens is 1. The van der Waals surface area contributed by atoms with Crippen LogP contribution in [0.2, 0.25) is 0 Å². The molecule has 2 amide bonds. The topological polar surface area (TPSA) is 183 Å². The molecule has 0 fully saturated rings. The molecule has 3 aromatic carbocycles. The van der Waals surface area contributed by atoms with Crippen molar-refractivity contribution >= 4 is 39.8 Å². The number of nitrogens with zero attached hydrogens (tertiary/aromatic N) is 2. The van der Waals surface area contributed by atoms with Crippen LogP contribution in [0.5, 0.6) is 17.2 Å². The van der Waals surface area contributed by atoms with Gasteiger partial charge in [-0.3, -0.25) is 15.5 Å². The summed E-state index contributed by atoms with van der Waals surface area (Å²) in [5.74, 6) is 0.679. The zero-order chi connectivity index (χ0) is 33.2. The van der Waals surface area contributed by atoms with Crippen molar-refractivity contribution in [1.82, 2.24) is 16.1 Å². The molecule has 1 aliphatic rings. The van der Waals surface area contributed by atoms with E-state index >= 15 is 0 Å². The number of rotatable bonds is 14. The molecule has 0 unspecified atom stereocenters. The van der Waals surface area contributed by atoms with E-state index in [-0.39, 0.29) is 24.5 Å². The van der Waals surface area contributed by atoms with Crippen LogP contribution in [-0.4, -0.2) is 54.8 Å². The Kier molecular flexibility index (Phi) is 11.5. The Hall–Kier alpha value is -5.15. The Morgan fingerprint density at radius 2 is 1.85 bits per heavy atom. The molecule has 46 heavy (non-hydrogen) atoms. The fraction of sp³-hybridized carbons (Fsp3) is 0.258. The lowest BCUT2D eigenvalue weighted by Gasteiger charge is -2.28. The van der Waals surface area contributed by atoms with Gasteiger partial charge in [0.15, 0.2) is 17.7 Å². The van der Waals surface area contributed by atoms with E-state index in [9.17, 15) is 24.8 Å². The molecule has 0 spiro atoms. The van der Waals surface area contributed by atoms with E-state index < -0.39 is 29.2 Å². The zero-order valence-corrected chi connectivity index (χ0v) is 26.7. The summed E-state index contributed by atoms with van der Waals surface area (Å²) in [6, 6.07) is 15.1. The number of hydrazone groups is 1. The third kappa shape index (κ3) is 8.73. The highest BCUT2D eigenvalue weighted by molar-refractivity contribution is 9.10. The fourth-order valence-electron chi connectivity index (χ4n) is 4.41. The molecule has 14 nitrogen and oxygen atoms in total. The van der Waals surface area contributed by atoms with E-state index in [0.29, 0.717) is 45.2 Å². The van der Waals surface area contributed by atoms with Gasteiger partial charge in [-0.2, -0.15) is 5.10 Å². The van der Waals surface area contributed by atoms with Gasteiger partial charge in [0.2, 0.25) is 0 Å². The number of non-ortho nitro benzene ring substituents is 1. The van der Waals surface area contributed by atoms with E-state index in [2.05, 4.69) is 37.1 Å². The largest absolute Gasteiger partial charge is 0.490 e. The van der Waals surface area contributed by atoms with Crippen molar-refractivity contribution in [3.05, 3.63) is 103 Å². The Morgan fingerprint density at radius 3 is 2.52 bits per heavy atom. The number of esters is 1. The van der Waals surface area contributed by atoms with Crippen LogP contribution in [0.15, 0.2) is 81.5 Å². The summed E-state index contributed by atoms with van der Waals surface area (Å²) >= 11 is 3.47. The second kappa shape index (κ2) is 15.7. The van der Waals surface area contributed by atoms with Crippen molar-refractivity contribution in [1.29, 1.82) is 0 Å². The Balaban J connectivity index is 1.33. The van der Waals surface area contributed by atoms with Crippen molar-refractivity contribution in [2.45, 2.75) is 32.7 Å². The Labute approximate surface area is 272 Å². The van der Waals surface area contributed by atoms with Gasteiger partial charge in [0, 0.05) is 17.8 Å². The summed E-state index contributed by atoms with van der Waals surface area (Å²) in [6.45, 7) is 3.79. The maximum absolute atomic E-state index is 12.4. The number of hydrogen-bond donors (Lipinski definition) is 4. The lowest BCUT2D eigenvalue weighted by molar-refractivity contribution is -0.384. The number of carbonyl (C=O) groups is 2. The van der Waals surface area contributed by atoms with Crippen LogP contribution >= 0.6 is 15.9 Å². The Bertz CT molecular complexity index is 1650. The number of aliphatic hydroxyl groups excluding tert-OH is 1. The van der Waals surface area contributed by atoms with E-state index in [1.165, 1.54) is 25.5 Å². The second-order valence-electron chi connectivity index (χ2n) is 9.82. The van der Waals surface area contributed by atoms with Gasteiger partial charge in [-0.15, -0.1) is 0 Å². The monoisotopic (exact) mass is 697 g/mol. The lowest BCUT2D eigenvalue weighted by Crippen LogP contribution is -2.45. The standard InChI is InChI=1S/C31H32BrN5O9/c1-4-44-26-14-21(29-28(30(39)43-3)18(2)34-31(40)35-29)8-12-25(26)46-17-27(38)36-33-15-20-7-11-24(23(32)13-20)45-16-19-5-9-22(10-6-19)37(41)42/h5-15,27,29,36,38H,4,16-17H2,1-3H3,(H2,34,35,40)/b33-15-/t27-,29-/m0/s1. The molecule has 4 rings (SSSR count). The maximum atomic E-state index is 12.4. The number of allylic oxidation sites excluding steroid dienone is 1. The lowest BCUT2D eigenvalue weighted by atomic mass is 9.95. The van der Waals surface area contributed by atoms with Crippen molar-refractivity contribution in [3.63, 3.8) is 0 Å². The quantitative estimate of drug-likeness (QED) is 0.0617. The number of benzene rings is 3. The average Bonchev–Trinajstić information content (AvgIpc) is 3.03. The zero-order valence-electron chi connectivity index (χ0n) is 25.1. The molecule has 2 atom stereocenters. The predicted octanol–water partition coefficient (Wildman–Crippen LogP) is 4.46. The number of urea groups is 1. The van der Waals surface area contributed by atoms with E-state index in [1.807, 2.05) is 0 Å². The van der Waals surface area contributed by atoms with E-state index in [1.54, 1.807) is 62.4 Å². The molecule has 0 bridgehead atoms. The third-order valence-corrected chi connectivity index (χ3v) is 7.23. The van der Waals surface area contributed by atoms with Crippen LogP contribution in [-0.2, 0) is 16.1 Å². The molecule has 15 heteroatoms. The average molecular weight is 699 g/mol. The fourth-order valence-corrected chi connectivity index (χ4v) is 4.92. The molecule has 0 aromatic heterocycles. The van der Waals surface area contributed by atoms with Gasteiger partial charge in [0.25, 0.3) is 5.69 Å². The van der Waals surface area contributed by atoms with E-state index in [4.69, 9.17) is 18.9 Å². The maximum Gasteiger partial charge on any atom is 0.337 e. The first-order valence-corrected chi connectivity index (χ1v) is 14.8. The number of ether oxygens (including phenoxy) is 4. The Morgan fingerprint density at radius 1 is 1.11 bits per heavy atom. The summed E-state index contributed by atoms with van der Waals surface area (Å²) < 4.78 is 22.9. The summed E-state index contributed by atoms with van der Waals surface area (Å²) in [7, 11) is 1.26. The minimum Gasteiger partial charge on any atom is -0.490 e. The number of nitrogens with one attached hydrogen (secondary N) is 3. The van der Waals surface area contributed by atoms with Gasteiger partial charge in [-0.25, -0.2) is 9.59 Å². The number of nitro benzene ring substituents is 1. The number of amides is 2. The smallest absolute Gasteiger partial charge is 0.337 e. The minimum absolute atomic E-state index is 0.0119. The molecule has 3 aromatic rings. The van der Waals surface area contributed by atoms with E-state index in [0.717, 1.165) is 5.56 Å². The predicted molar refractivity (Wildman–Crippen MR) is 171 cm³/mol. The van der Waals surface area contributed by atoms with Crippen LogP contribution in [0.1, 0.15) is 36.6 Å². The molecule has 0 saturated carbocycles. The first-order chi connectivity index (χ1) is 22.1. The summed E-state index contributed by atoms with van der Waals surface area (Å²) in [5.41, 5.74) is 5.31. The van der Waals surface area contributed by atoms with Gasteiger partial charge >= 0.3 is 12.0 Å². The highest BCUT2D eigenvalue weighted by Crippen LogP contribution is 2.35. The number of nitro groups is 1. The van der Waals surface area contributed by atoms with Gasteiger partial charge in [0.05, 0.1) is 40.9 Å². The molecule has 0 aliphatic carbocycles. The highest BCUT2D eigenvalue weighted by atomic mass is 79.9. The minimum atomic E-state index is -1.17. The highest BCUT2D eigenvalue weighted by Gasteiger charge is 2.32. The molecule has 1 aliphatic heterocycles. The summed E-state index contributed by atoms with van der Waals surface area (Å²) in [4.78, 5) is 34.9. The van der Waals surface area contributed by atoms with Crippen molar-refractivity contribution < 1.29 is 38.6 Å². The molecule has 0 radical (unpaired) electrons. The summed E-state index contributed by atoms with van der Waals surface area (Å²) in [5, 5.41) is 30.6. The van der Waals surface area contributed by atoms with Crippen molar-refractivity contribution in [2.24, 2.45) is 5.10 Å². The molecule has 242 valence electrons. The molecular formula is C31H32BrN5O9. The van der Waals surface area contributed by atoms with Gasteiger partial charge in [0.1, 0.15) is 19.0 Å². The number of methoxy groups -OCH3 is 1. The normalized spacial score (nSPS) is 15.1. The van der Waals surface area contributed by atoms with Crippen molar-refractivity contribution in [2.75, 3.05) is 20.3 Å². The second-order valence-corrected chi connectivity index (χ2v) is 10.7. The number of carbonyl (C=O) groups excluding carboxylic acids is 2. The molecular weight excluding hydrogens is 666 g/mol. The van der Waals surface area contributed by atoms with Crippen LogP contribution < -0.4 is 30.3 Å². The van der Waals surface area contributed by atoms with Crippen LogP contribution in [0.3, 0.4) is 0 Å². The van der Waals surface area contributed by atoms with Gasteiger partial charge < -0.3 is 34.7 Å². The molecule has 4 N–H and O–H groups in total. The van der Waals surface area contributed by atoms with Crippen molar-refractivity contribution in [3.8, 4) is 17.2 Å².